The van der Waals surface area contributed by atoms with E-state index in [1.807, 2.05) is 20.0 Å². The van der Waals surface area contributed by atoms with Crippen LogP contribution in [0.2, 0.25) is 0 Å². The van der Waals surface area contributed by atoms with Crippen molar-refractivity contribution in [3.05, 3.63) is 17.5 Å². The Morgan fingerprint density at radius 3 is 2.84 bits per heavy atom. The van der Waals surface area contributed by atoms with E-state index in [0.29, 0.717) is 6.61 Å². The number of rotatable bonds is 3. The van der Waals surface area contributed by atoms with Crippen molar-refractivity contribution in [2.24, 2.45) is 0 Å². The highest BCUT2D eigenvalue weighted by molar-refractivity contribution is 5.34. The van der Waals surface area contributed by atoms with Gasteiger partial charge in [-0.3, -0.25) is 0 Å². The molecule has 5 heteroatoms. The Labute approximate surface area is 115 Å². The minimum atomic E-state index is -0.219. The van der Waals surface area contributed by atoms with E-state index in [4.69, 9.17) is 9.47 Å². The second kappa shape index (κ2) is 5.43. The van der Waals surface area contributed by atoms with Crippen molar-refractivity contribution in [3.63, 3.8) is 0 Å². The highest BCUT2D eigenvalue weighted by Gasteiger charge is 2.34. The van der Waals surface area contributed by atoms with Crippen molar-refractivity contribution in [2.75, 3.05) is 31.7 Å². The number of aryl methyl sites for hydroxylation is 2. The van der Waals surface area contributed by atoms with Crippen molar-refractivity contribution in [2.45, 2.75) is 39.4 Å². The van der Waals surface area contributed by atoms with E-state index in [9.17, 15) is 0 Å². The summed E-state index contributed by atoms with van der Waals surface area (Å²) in [5.74, 6) is 0.778. The summed E-state index contributed by atoms with van der Waals surface area (Å²) in [6.07, 6.45) is 1.94. The van der Waals surface area contributed by atoms with Crippen LogP contribution in [0.15, 0.2) is 6.20 Å². The maximum atomic E-state index is 6.00. The molecule has 1 aliphatic rings. The van der Waals surface area contributed by atoms with E-state index < -0.39 is 0 Å². The first-order chi connectivity index (χ1) is 8.91. The van der Waals surface area contributed by atoms with Gasteiger partial charge in [0.25, 0.3) is 0 Å². The van der Waals surface area contributed by atoms with E-state index in [2.05, 4.69) is 28.7 Å². The Morgan fingerprint density at radius 2 is 2.21 bits per heavy atom. The van der Waals surface area contributed by atoms with Gasteiger partial charge >= 0.3 is 0 Å². The molecule has 2 heterocycles. The van der Waals surface area contributed by atoms with E-state index in [-0.39, 0.29) is 11.7 Å². The molecule has 0 saturated carbocycles. The molecule has 0 bridgehead atoms. The summed E-state index contributed by atoms with van der Waals surface area (Å²) in [6.45, 7) is 10.3. The number of hydrogen-bond donors (Lipinski definition) is 0. The lowest BCUT2D eigenvalue weighted by Crippen LogP contribution is -2.54. The lowest BCUT2D eigenvalue weighted by atomic mass is 10.1. The smallest absolute Gasteiger partial charge is 0.225 e. The van der Waals surface area contributed by atoms with Crippen molar-refractivity contribution in [3.8, 4) is 0 Å². The van der Waals surface area contributed by atoms with Crippen LogP contribution in [0.25, 0.3) is 0 Å². The number of morpholine rings is 1. The van der Waals surface area contributed by atoms with Gasteiger partial charge in [-0.05, 0) is 33.3 Å². The van der Waals surface area contributed by atoms with Gasteiger partial charge in [0.05, 0.1) is 18.3 Å². The fraction of sp³-hybridized carbons (Fsp3) is 0.714. The third kappa shape index (κ3) is 3.42. The van der Waals surface area contributed by atoms with Crippen molar-refractivity contribution in [1.82, 2.24) is 9.97 Å². The fourth-order valence-corrected chi connectivity index (χ4v) is 2.39. The molecule has 0 N–H and O–H groups in total. The van der Waals surface area contributed by atoms with Crippen LogP contribution in [0.4, 0.5) is 5.95 Å². The molecule has 1 fully saturated rings. The lowest BCUT2D eigenvalue weighted by Gasteiger charge is -2.42. The van der Waals surface area contributed by atoms with Crippen LogP contribution >= 0.6 is 0 Å². The number of anilines is 1. The van der Waals surface area contributed by atoms with Gasteiger partial charge in [0.15, 0.2) is 0 Å². The Morgan fingerprint density at radius 1 is 1.47 bits per heavy atom. The van der Waals surface area contributed by atoms with Crippen LogP contribution in [-0.2, 0) is 9.47 Å². The Hall–Kier alpha value is -1.20. The predicted octanol–water partition coefficient (Wildman–Crippen LogP) is 1.72. The van der Waals surface area contributed by atoms with Crippen molar-refractivity contribution < 1.29 is 9.47 Å². The molecule has 5 nitrogen and oxygen atoms in total. The minimum absolute atomic E-state index is 0.0546. The van der Waals surface area contributed by atoms with E-state index in [1.54, 1.807) is 7.11 Å². The van der Waals surface area contributed by atoms with Crippen LogP contribution < -0.4 is 4.90 Å². The summed E-state index contributed by atoms with van der Waals surface area (Å²) in [6, 6.07) is 0. The number of ether oxygens (including phenoxy) is 2. The number of aromatic nitrogens is 2. The van der Waals surface area contributed by atoms with Gasteiger partial charge in [0.1, 0.15) is 0 Å². The molecule has 0 radical (unpaired) electrons. The number of hydrogen-bond acceptors (Lipinski definition) is 5. The van der Waals surface area contributed by atoms with Gasteiger partial charge < -0.3 is 14.4 Å². The maximum absolute atomic E-state index is 6.00. The molecule has 1 aromatic rings. The largest absolute Gasteiger partial charge is 0.382 e. The summed E-state index contributed by atoms with van der Waals surface area (Å²) in [5.41, 5.74) is 1.92. The molecular weight excluding hydrogens is 242 g/mol. The highest BCUT2D eigenvalue weighted by atomic mass is 16.5. The molecule has 1 aliphatic heterocycles. The zero-order valence-corrected chi connectivity index (χ0v) is 12.4. The Bertz CT molecular complexity index is 448. The van der Waals surface area contributed by atoms with Gasteiger partial charge in [0, 0.05) is 32.1 Å². The normalized spacial score (nSPS) is 22.6. The highest BCUT2D eigenvalue weighted by Crippen LogP contribution is 2.24. The van der Waals surface area contributed by atoms with E-state index in [0.717, 1.165) is 30.3 Å². The molecule has 106 valence electrons. The van der Waals surface area contributed by atoms with Crippen molar-refractivity contribution in [1.29, 1.82) is 0 Å². The topological polar surface area (TPSA) is 47.5 Å². The molecule has 0 aliphatic carbocycles. The van der Waals surface area contributed by atoms with Gasteiger partial charge in [-0.25, -0.2) is 9.97 Å². The summed E-state index contributed by atoms with van der Waals surface area (Å²) < 4.78 is 11.2. The zero-order chi connectivity index (χ0) is 14.0. The second-order valence-corrected chi connectivity index (χ2v) is 5.77. The first-order valence-electron chi connectivity index (χ1n) is 6.63. The first kappa shape index (κ1) is 14.2. The zero-order valence-electron chi connectivity index (χ0n) is 12.4. The Balaban J connectivity index is 2.20. The van der Waals surface area contributed by atoms with Crippen LogP contribution in [0.5, 0.6) is 0 Å². The molecule has 0 spiro atoms. The molecule has 1 saturated heterocycles. The summed E-state index contributed by atoms with van der Waals surface area (Å²) >= 11 is 0. The predicted molar refractivity (Wildman–Crippen MR) is 74.5 cm³/mol. The SMILES string of the molecule is COC[C@H]1CN(c2ncc(C)c(C)n2)CC(C)(C)O1. The van der Waals surface area contributed by atoms with E-state index in [1.165, 1.54) is 0 Å². The van der Waals surface area contributed by atoms with Gasteiger partial charge in [-0.1, -0.05) is 0 Å². The molecule has 0 aromatic carbocycles. The van der Waals surface area contributed by atoms with Gasteiger partial charge in [-0.2, -0.15) is 0 Å². The third-order valence-electron chi connectivity index (χ3n) is 3.33. The second-order valence-electron chi connectivity index (χ2n) is 5.77. The summed E-state index contributed by atoms with van der Waals surface area (Å²) in [4.78, 5) is 11.2. The van der Waals surface area contributed by atoms with Gasteiger partial charge in [0.2, 0.25) is 5.95 Å². The minimum Gasteiger partial charge on any atom is -0.382 e. The summed E-state index contributed by atoms with van der Waals surface area (Å²) in [5, 5.41) is 0. The molecule has 0 amide bonds. The quantitative estimate of drug-likeness (QED) is 0.833. The molecule has 0 unspecified atom stereocenters. The monoisotopic (exact) mass is 265 g/mol. The molecule has 1 aromatic heterocycles. The Kier molecular flexibility index (Phi) is 4.06. The van der Waals surface area contributed by atoms with Crippen LogP contribution in [0, 0.1) is 13.8 Å². The first-order valence-corrected chi connectivity index (χ1v) is 6.63. The molecule has 19 heavy (non-hydrogen) atoms. The summed E-state index contributed by atoms with van der Waals surface area (Å²) in [7, 11) is 1.70. The fourth-order valence-electron chi connectivity index (χ4n) is 2.39. The average molecular weight is 265 g/mol. The lowest BCUT2D eigenvalue weighted by molar-refractivity contribution is -0.106. The van der Waals surface area contributed by atoms with Crippen LogP contribution in [-0.4, -0.2) is 48.5 Å². The van der Waals surface area contributed by atoms with Crippen LogP contribution in [0.1, 0.15) is 25.1 Å². The number of nitrogens with zero attached hydrogens (tertiary/aromatic N) is 3. The molecule has 1 atom stereocenters. The van der Waals surface area contributed by atoms with Gasteiger partial charge in [-0.15, -0.1) is 0 Å². The molecule has 2 rings (SSSR count). The maximum Gasteiger partial charge on any atom is 0.225 e. The third-order valence-corrected chi connectivity index (χ3v) is 3.33. The standard InChI is InChI=1S/C14H23N3O2/c1-10-6-15-13(16-11(10)2)17-7-12(8-18-5)19-14(3,4)9-17/h6,12H,7-9H2,1-5H3/t12-/m1/s1. The average Bonchev–Trinajstić information content (AvgIpc) is 2.31. The van der Waals surface area contributed by atoms with E-state index >= 15 is 0 Å². The number of methoxy groups -OCH3 is 1. The molecular formula is C14H23N3O2. The van der Waals surface area contributed by atoms with Crippen molar-refractivity contribution >= 4 is 5.95 Å². The van der Waals surface area contributed by atoms with Crippen LogP contribution in [0.3, 0.4) is 0 Å².